The first kappa shape index (κ1) is 20.8. The number of aryl methyl sites for hydroxylation is 1. The average Bonchev–Trinajstić information content (AvgIpc) is 3.23. The molecule has 8 heteroatoms. The van der Waals surface area contributed by atoms with Crippen molar-refractivity contribution in [3.8, 4) is 22.8 Å². The largest absolute Gasteiger partial charge is 0.452 e. The van der Waals surface area contributed by atoms with Gasteiger partial charge in [0.2, 0.25) is 5.89 Å². The van der Waals surface area contributed by atoms with Crippen molar-refractivity contribution in [3.05, 3.63) is 65.9 Å². The fourth-order valence-corrected chi connectivity index (χ4v) is 2.62. The fourth-order valence-electron chi connectivity index (χ4n) is 2.62. The Balaban J connectivity index is 1.73. The van der Waals surface area contributed by atoms with Gasteiger partial charge in [-0.15, -0.1) is 0 Å². The van der Waals surface area contributed by atoms with Crippen LogP contribution in [0.3, 0.4) is 0 Å². The Morgan fingerprint density at radius 3 is 2.50 bits per heavy atom. The number of hydrogen-bond donors (Lipinski definition) is 1. The second-order valence-electron chi connectivity index (χ2n) is 6.29. The Labute approximate surface area is 172 Å². The van der Waals surface area contributed by atoms with E-state index < -0.39 is 24.6 Å². The van der Waals surface area contributed by atoms with Crippen LogP contribution in [0.15, 0.2) is 59.1 Å². The molecule has 0 aliphatic rings. The highest BCUT2D eigenvalue weighted by atomic mass is 16.6. The maximum atomic E-state index is 12.5. The Morgan fingerprint density at radius 2 is 1.77 bits per heavy atom. The Bertz CT molecular complexity index is 1060. The van der Waals surface area contributed by atoms with Crippen molar-refractivity contribution in [2.24, 2.45) is 0 Å². The van der Waals surface area contributed by atoms with Crippen LogP contribution in [0.4, 0.5) is 4.79 Å². The van der Waals surface area contributed by atoms with Crippen LogP contribution >= 0.6 is 0 Å². The molecule has 0 spiro atoms. The number of alkyl carbamates (subject to hydrolysis) is 1. The van der Waals surface area contributed by atoms with E-state index in [1.54, 1.807) is 31.3 Å². The zero-order valence-electron chi connectivity index (χ0n) is 16.5. The highest BCUT2D eigenvalue weighted by Crippen LogP contribution is 2.28. The number of benzene rings is 2. The number of imide groups is 1. The molecule has 0 fully saturated rings. The van der Waals surface area contributed by atoms with E-state index in [-0.39, 0.29) is 18.1 Å². The van der Waals surface area contributed by atoms with Crippen molar-refractivity contribution in [2.45, 2.75) is 13.8 Å². The van der Waals surface area contributed by atoms with Gasteiger partial charge in [-0.05, 0) is 26.0 Å². The van der Waals surface area contributed by atoms with Gasteiger partial charge in [-0.25, -0.2) is 14.6 Å². The smallest absolute Gasteiger partial charge is 0.413 e. The molecule has 0 saturated heterocycles. The number of carbonyl (C=O) groups excluding carboxylic acids is 3. The minimum atomic E-state index is -0.901. The van der Waals surface area contributed by atoms with Crippen LogP contribution in [0.25, 0.3) is 22.8 Å². The van der Waals surface area contributed by atoms with Crippen molar-refractivity contribution in [2.75, 3.05) is 13.2 Å². The van der Waals surface area contributed by atoms with E-state index in [4.69, 9.17) is 9.15 Å². The molecule has 2 aromatic carbocycles. The molecule has 1 N–H and O–H groups in total. The van der Waals surface area contributed by atoms with Crippen LogP contribution in [0, 0.1) is 6.92 Å². The molecule has 1 heterocycles. The van der Waals surface area contributed by atoms with Gasteiger partial charge in [-0.3, -0.25) is 10.1 Å². The lowest BCUT2D eigenvalue weighted by molar-refractivity contribution is -0.123. The van der Waals surface area contributed by atoms with Crippen LogP contribution in [0.5, 0.6) is 0 Å². The Hall–Kier alpha value is -3.94. The molecule has 2 amide bonds. The third-order valence-electron chi connectivity index (χ3n) is 4.07. The summed E-state index contributed by atoms with van der Waals surface area (Å²) < 4.78 is 15.4. The molecule has 0 bridgehead atoms. The molecule has 0 saturated carbocycles. The predicted octanol–water partition coefficient (Wildman–Crippen LogP) is 3.75. The second kappa shape index (κ2) is 9.51. The number of rotatable bonds is 6. The lowest BCUT2D eigenvalue weighted by atomic mass is 10.1. The first-order valence-corrected chi connectivity index (χ1v) is 9.24. The number of aromatic nitrogens is 1. The Kier molecular flexibility index (Phi) is 6.59. The summed E-state index contributed by atoms with van der Waals surface area (Å²) in [6, 6.07) is 14.4. The van der Waals surface area contributed by atoms with E-state index in [0.717, 1.165) is 11.1 Å². The summed E-state index contributed by atoms with van der Waals surface area (Å²) in [7, 11) is 0. The first-order chi connectivity index (χ1) is 14.5. The summed E-state index contributed by atoms with van der Waals surface area (Å²) in [4.78, 5) is 39.7. The van der Waals surface area contributed by atoms with E-state index in [1.165, 1.54) is 6.07 Å². The van der Waals surface area contributed by atoms with Crippen LogP contribution in [-0.4, -0.2) is 36.2 Å². The summed E-state index contributed by atoms with van der Waals surface area (Å²) in [5, 5.41) is 1.95. The van der Waals surface area contributed by atoms with E-state index in [1.807, 2.05) is 36.5 Å². The van der Waals surface area contributed by atoms with E-state index in [2.05, 4.69) is 9.72 Å². The molecular weight excluding hydrogens is 388 g/mol. The van der Waals surface area contributed by atoms with Gasteiger partial charge in [-0.1, -0.05) is 42.0 Å². The highest BCUT2D eigenvalue weighted by Gasteiger charge is 2.19. The predicted molar refractivity (Wildman–Crippen MR) is 108 cm³/mol. The normalized spacial score (nSPS) is 10.3. The monoisotopic (exact) mass is 408 g/mol. The number of oxazole rings is 1. The maximum absolute atomic E-state index is 12.5. The third kappa shape index (κ3) is 5.11. The standard InChI is InChI=1S/C22H20N2O6/c1-3-28-22(27)24-19(25)13-29-21(26)17-7-5-4-6-16(17)20-23-12-18(30-20)15-10-8-14(2)9-11-15/h4-12H,3,13H2,1-2H3,(H,24,25,27). The number of nitrogens with zero attached hydrogens (tertiary/aromatic N) is 1. The van der Waals surface area contributed by atoms with Gasteiger partial charge >= 0.3 is 12.1 Å². The molecule has 8 nitrogen and oxygen atoms in total. The minimum Gasteiger partial charge on any atom is -0.452 e. The summed E-state index contributed by atoms with van der Waals surface area (Å²) in [5.41, 5.74) is 2.58. The minimum absolute atomic E-state index is 0.118. The van der Waals surface area contributed by atoms with Crippen LogP contribution < -0.4 is 5.32 Å². The molecule has 0 aliphatic carbocycles. The Morgan fingerprint density at radius 1 is 1.03 bits per heavy atom. The molecule has 1 aromatic heterocycles. The SMILES string of the molecule is CCOC(=O)NC(=O)COC(=O)c1ccccc1-c1ncc(-c2ccc(C)cc2)o1. The molecule has 3 aromatic rings. The molecule has 3 rings (SSSR count). The van der Waals surface area contributed by atoms with Gasteiger partial charge in [0, 0.05) is 5.56 Å². The number of carbonyl (C=O) groups is 3. The summed E-state index contributed by atoms with van der Waals surface area (Å²) in [6.07, 6.45) is 0.678. The zero-order valence-corrected chi connectivity index (χ0v) is 16.5. The lowest BCUT2D eigenvalue weighted by Gasteiger charge is -2.08. The topological polar surface area (TPSA) is 108 Å². The van der Waals surface area contributed by atoms with Crippen molar-refractivity contribution >= 4 is 18.0 Å². The number of nitrogens with one attached hydrogen (secondary N) is 1. The van der Waals surface area contributed by atoms with Gasteiger partial charge in [-0.2, -0.15) is 0 Å². The third-order valence-corrected chi connectivity index (χ3v) is 4.07. The number of ether oxygens (including phenoxy) is 2. The summed E-state index contributed by atoms with van der Waals surface area (Å²) in [5.74, 6) is -0.743. The summed E-state index contributed by atoms with van der Waals surface area (Å²) >= 11 is 0. The van der Waals surface area contributed by atoms with Gasteiger partial charge in [0.05, 0.1) is 23.9 Å². The van der Waals surface area contributed by atoms with Gasteiger partial charge < -0.3 is 13.9 Å². The maximum Gasteiger partial charge on any atom is 0.413 e. The number of amides is 2. The van der Waals surface area contributed by atoms with E-state index >= 15 is 0 Å². The highest BCUT2D eigenvalue weighted by molar-refractivity contribution is 5.98. The molecule has 30 heavy (non-hydrogen) atoms. The van der Waals surface area contributed by atoms with Gasteiger partial charge in [0.25, 0.3) is 5.91 Å². The van der Waals surface area contributed by atoms with Crippen molar-refractivity contribution in [1.29, 1.82) is 0 Å². The first-order valence-electron chi connectivity index (χ1n) is 9.24. The summed E-state index contributed by atoms with van der Waals surface area (Å²) in [6.45, 7) is 3.08. The average molecular weight is 408 g/mol. The fraction of sp³-hybridized carbons (Fsp3) is 0.182. The lowest BCUT2D eigenvalue weighted by Crippen LogP contribution is -2.34. The van der Waals surface area contributed by atoms with Crippen molar-refractivity contribution in [1.82, 2.24) is 10.3 Å². The van der Waals surface area contributed by atoms with Crippen molar-refractivity contribution in [3.63, 3.8) is 0 Å². The molecule has 0 unspecified atom stereocenters. The van der Waals surface area contributed by atoms with E-state index in [0.29, 0.717) is 11.3 Å². The van der Waals surface area contributed by atoms with Crippen LogP contribution in [0.1, 0.15) is 22.8 Å². The number of hydrogen-bond acceptors (Lipinski definition) is 7. The molecular formula is C22H20N2O6. The van der Waals surface area contributed by atoms with Crippen molar-refractivity contribution < 1.29 is 28.3 Å². The van der Waals surface area contributed by atoms with Crippen LogP contribution in [0.2, 0.25) is 0 Å². The quantitative estimate of drug-likeness (QED) is 0.619. The molecule has 0 aliphatic heterocycles. The van der Waals surface area contributed by atoms with Gasteiger partial charge in [0.1, 0.15) is 0 Å². The molecule has 0 atom stereocenters. The molecule has 0 radical (unpaired) electrons. The van der Waals surface area contributed by atoms with E-state index in [9.17, 15) is 14.4 Å². The second-order valence-corrected chi connectivity index (χ2v) is 6.29. The molecule has 154 valence electrons. The zero-order chi connectivity index (χ0) is 21.5. The van der Waals surface area contributed by atoms with Gasteiger partial charge in [0.15, 0.2) is 12.4 Å². The number of esters is 1. The van der Waals surface area contributed by atoms with Crippen LogP contribution in [-0.2, 0) is 14.3 Å².